The molecule has 0 amide bonds. The third kappa shape index (κ3) is 3.10. The summed E-state index contributed by atoms with van der Waals surface area (Å²) in [6, 6.07) is 38.7. The molecule has 4 aromatic carbocycles. The lowest BCUT2D eigenvalue weighted by Gasteiger charge is -2.11. The molecule has 0 saturated carbocycles. The molecule has 0 spiro atoms. The molecule has 0 bridgehead atoms. The Labute approximate surface area is 219 Å². The first-order chi connectivity index (χ1) is 18.8. The number of aromatic nitrogens is 4. The quantitative estimate of drug-likeness (QED) is 0.252. The van der Waals surface area contributed by atoms with Crippen molar-refractivity contribution in [2.24, 2.45) is 0 Å². The molecular formula is C34H22N4. The normalized spacial score (nSPS) is 11.7. The van der Waals surface area contributed by atoms with Gasteiger partial charge in [0.1, 0.15) is 5.82 Å². The number of hydrogen-bond donors (Lipinski definition) is 0. The highest BCUT2D eigenvalue weighted by Crippen LogP contribution is 2.38. The van der Waals surface area contributed by atoms with Crippen LogP contribution in [0.2, 0.25) is 0 Å². The van der Waals surface area contributed by atoms with E-state index in [1.165, 1.54) is 38.0 Å². The average molecular weight is 487 g/mol. The van der Waals surface area contributed by atoms with E-state index in [0.717, 1.165) is 28.1 Å². The first-order valence-corrected chi connectivity index (χ1v) is 12.7. The molecule has 4 nitrogen and oxygen atoms in total. The van der Waals surface area contributed by atoms with Crippen LogP contribution in [-0.4, -0.2) is 19.1 Å². The van der Waals surface area contributed by atoms with Gasteiger partial charge in [-0.2, -0.15) is 0 Å². The van der Waals surface area contributed by atoms with Crippen molar-refractivity contribution in [2.45, 2.75) is 0 Å². The number of fused-ring (bicyclic) bond motifs is 6. The van der Waals surface area contributed by atoms with E-state index in [0.29, 0.717) is 0 Å². The highest BCUT2D eigenvalue weighted by atomic mass is 15.1. The minimum atomic E-state index is 0.898. The predicted octanol–water partition coefficient (Wildman–Crippen LogP) is 8.34. The number of rotatable bonds is 3. The molecule has 8 aromatic rings. The molecule has 38 heavy (non-hydrogen) atoms. The molecule has 0 aliphatic heterocycles. The van der Waals surface area contributed by atoms with Crippen LogP contribution < -0.4 is 0 Å². The van der Waals surface area contributed by atoms with Gasteiger partial charge < -0.3 is 4.57 Å². The highest BCUT2D eigenvalue weighted by molar-refractivity contribution is 6.20. The monoisotopic (exact) mass is 486 g/mol. The number of benzene rings is 4. The summed E-state index contributed by atoms with van der Waals surface area (Å²) >= 11 is 0. The van der Waals surface area contributed by atoms with Crippen molar-refractivity contribution < 1.29 is 0 Å². The number of hydrogen-bond acceptors (Lipinski definition) is 2. The Balaban J connectivity index is 1.43. The Morgan fingerprint density at radius 3 is 2.26 bits per heavy atom. The second-order valence-electron chi connectivity index (χ2n) is 9.61. The van der Waals surface area contributed by atoms with Crippen molar-refractivity contribution in [3.05, 3.63) is 134 Å². The molecule has 4 aromatic heterocycles. The lowest BCUT2D eigenvalue weighted by molar-refractivity contribution is 1.08. The fourth-order valence-corrected chi connectivity index (χ4v) is 5.69. The van der Waals surface area contributed by atoms with Crippen molar-refractivity contribution in [3.8, 4) is 22.6 Å². The van der Waals surface area contributed by atoms with Gasteiger partial charge in [-0.25, -0.2) is 4.98 Å². The summed E-state index contributed by atoms with van der Waals surface area (Å²) < 4.78 is 4.57. The largest absolute Gasteiger partial charge is 0.317 e. The third-order valence-electron chi connectivity index (χ3n) is 7.47. The first kappa shape index (κ1) is 20.9. The molecule has 0 fully saturated rings. The molecule has 0 unspecified atom stereocenters. The molecule has 4 heteroatoms. The van der Waals surface area contributed by atoms with Gasteiger partial charge in [-0.3, -0.25) is 9.55 Å². The van der Waals surface area contributed by atoms with Gasteiger partial charge in [0.15, 0.2) is 0 Å². The molecule has 0 aliphatic rings. The average Bonchev–Trinajstić information content (AvgIpc) is 3.56. The Bertz CT molecular complexity index is 2100. The minimum Gasteiger partial charge on any atom is -0.317 e. The molecule has 0 aliphatic carbocycles. The first-order valence-electron chi connectivity index (χ1n) is 12.7. The van der Waals surface area contributed by atoms with E-state index >= 15 is 0 Å². The van der Waals surface area contributed by atoms with Crippen LogP contribution in [0.15, 0.2) is 134 Å². The maximum Gasteiger partial charge on any atom is 0.137 e. The van der Waals surface area contributed by atoms with Crippen LogP contribution in [0.3, 0.4) is 0 Å². The third-order valence-corrected chi connectivity index (χ3v) is 7.47. The molecule has 4 heterocycles. The van der Waals surface area contributed by atoms with Crippen LogP contribution in [0.4, 0.5) is 0 Å². The summed E-state index contributed by atoms with van der Waals surface area (Å²) in [5.74, 6) is 0.898. The van der Waals surface area contributed by atoms with E-state index in [1.54, 1.807) is 6.20 Å². The summed E-state index contributed by atoms with van der Waals surface area (Å²) in [4.78, 5) is 9.22. The van der Waals surface area contributed by atoms with Crippen LogP contribution in [0.25, 0.3) is 66.1 Å². The van der Waals surface area contributed by atoms with Crippen molar-refractivity contribution in [1.82, 2.24) is 19.1 Å². The minimum absolute atomic E-state index is 0.898. The lowest BCUT2D eigenvalue weighted by Crippen LogP contribution is -1.98. The second kappa shape index (κ2) is 8.15. The molecule has 8 rings (SSSR count). The Kier molecular flexibility index (Phi) is 4.49. The van der Waals surface area contributed by atoms with Crippen molar-refractivity contribution in [3.63, 3.8) is 0 Å². The van der Waals surface area contributed by atoms with Crippen LogP contribution in [0.1, 0.15) is 0 Å². The van der Waals surface area contributed by atoms with E-state index < -0.39 is 0 Å². The molecule has 0 atom stereocenters. The van der Waals surface area contributed by atoms with E-state index in [2.05, 4.69) is 123 Å². The highest BCUT2D eigenvalue weighted by Gasteiger charge is 2.17. The van der Waals surface area contributed by atoms with E-state index in [1.807, 2.05) is 18.5 Å². The Hall–Kier alpha value is -5.22. The maximum absolute atomic E-state index is 4.95. The number of para-hydroxylation sites is 2. The number of pyridine rings is 2. The maximum atomic E-state index is 4.95. The molecule has 0 saturated heterocycles. The summed E-state index contributed by atoms with van der Waals surface area (Å²) in [7, 11) is 0. The summed E-state index contributed by atoms with van der Waals surface area (Å²) in [5, 5.41) is 6.10. The Morgan fingerprint density at radius 1 is 0.553 bits per heavy atom. The van der Waals surface area contributed by atoms with Gasteiger partial charge in [0, 0.05) is 63.1 Å². The van der Waals surface area contributed by atoms with Gasteiger partial charge in [0.05, 0.1) is 16.6 Å². The van der Waals surface area contributed by atoms with Crippen molar-refractivity contribution in [2.75, 3.05) is 0 Å². The zero-order chi connectivity index (χ0) is 25.1. The smallest absolute Gasteiger partial charge is 0.137 e. The SMILES string of the molecule is c1ccc(-n2ccc3cc4ccc5c6ccccc6n(-c6ccc(-c7cccnc7)cn6)c5c4cc32)cc1. The zero-order valence-electron chi connectivity index (χ0n) is 20.5. The summed E-state index contributed by atoms with van der Waals surface area (Å²) in [6.45, 7) is 0. The molecule has 0 radical (unpaired) electrons. The van der Waals surface area contributed by atoms with Gasteiger partial charge in [0.25, 0.3) is 0 Å². The van der Waals surface area contributed by atoms with E-state index in [9.17, 15) is 0 Å². The van der Waals surface area contributed by atoms with Gasteiger partial charge in [-0.05, 0) is 60.0 Å². The van der Waals surface area contributed by atoms with Crippen molar-refractivity contribution >= 4 is 43.5 Å². The van der Waals surface area contributed by atoms with Crippen LogP contribution in [-0.2, 0) is 0 Å². The Morgan fingerprint density at radius 2 is 1.42 bits per heavy atom. The second-order valence-corrected chi connectivity index (χ2v) is 9.61. The van der Waals surface area contributed by atoms with Gasteiger partial charge in [-0.1, -0.05) is 54.6 Å². The predicted molar refractivity (Wildman–Crippen MR) is 156 cm³/mol. The fraction of sp³-hybridized carbons (Fsp3) is 0. The fourth-order valence-electron chi connectivity index (χ4n) is 5.69. The molecule has 178 valence electrons. The van der Waals surface area contributed by atoms with Crippen molar-refractivity contribution in [1.29, 1.82) is 0 Å². The van der Waals surface area contributed by atoms with Crippen LogP contribution in [0, 0.1) is 0 Å². The number of nitrogens with zero attached hydrogens (tertiary/aromatic N) is 4. The molecular weight excluding hydrogens is 464 g/mol. The van der Waals surface area contributed by atoms with Gasteiger partial charge >= 0.3 is 0 Å². The van der Waals surface area contributed by atoms with Crippen LogP contribution >= 0.6 is 0 Å². The zero-order valence-corrected chi connectivity index (χ0v) is 20.5. The standard InChI is InChI=1S/C34H22N4/c1-2-8-27(9-3-1)37-18-16-24-19-23-12-14-29-28-10-4-5-11-31(28)38(34(29)30(23)20-32(24)37)33-15-13-26(22-36-33)25-7-6-17-35-21-25/h1-22H. The van der Waals surface area contributed by atoms with E-state index in [4.69, 9.17) is 4.98 Å². The lowest BCUT2D eigenvalue weighted by atomic mass is 10.0. The topological polar surface area (TPSA) is 35.6 Å². The van der Waals surface area contributed by atoms with Gasteiger partial charge in [0.2, 0.25) is 0 Å². The molecule has 0 N–H and O–H groups in total. The van der Waals surface area contributed by atoms with Gasteiger partial charge in [-0.15, -0.1) is 0 Å². The summed E-state index contributed by atoms with van der Waals surface area (Å²) in [5.41, 5.74) is 6.77. The summed E-state index contributed by atoms with van der Waals surface area (Å²) in [6.07, 6.45) is 7.76. The van der Waals surface area contributed by atoms with Crippen LogP contribution in [0.5, 0.6) is 0 Å². The van der Waals surface area contributed by atoms with E-state index in [-0.39, 0.29) is 0 Å².